The molecule has 1 aromatic rings. The Kier molecular flexibility index (Phi) is 2.82. The van der Waals surface area contributed by atoms with Gasteiger partial charge in [0, 0.05) is 12.7 Å². The summed E-state index contributed by atoms with van der Waals surface area (Å²) in [5, 5.41) is 3.33. The predicted molar refractivity (Wildman–Crippen MR) is 64.6 cm³/mol. The number of aromatic nitrogens is 2. The normalized spacial score (nSPS) is 17.5. The van der Waals surface area contributed by atoms with E-state index in [0.717, 1.165) is 16.8 Å². The molecule has 3 N–H and O–H groups in total. The fraction of sp³-hybridized carbons (Fsp3) is 0.600. The molecule has 0 spiro atoms. The highest BCUT2D eigenvalue weighted by atomic mass is 79.9. The predicted octanol–water partition coefficient (Wildman–Crippen LogP) is 2.42. The highest BCUT2D eigenvalue weighted by Gasteiger charge is 2.40. The van der Waals surface area contributed by atoms with Crippen LogP contribution >= 0.6 is 15.9 Å². The summed E-state index contributed by atoms with van der Waals surface area (Å²) in [7, 11) is 0. The van der Waals surface area contributed by atoms with E-state index in [1.807, 2.05) is 0 Å². The van der Waals surface area contributed by atoms with Crippen molar-refractivity contribution in [2.75, 3.05) is 17.6 Å². The van der Waals surface area contributed by atoms with Crippen molar-refractivity contribution in [3.63, 3.8) is 0 Å². The topological polar surface area (TPSA) is 63.8 Å². The van der Waals surface area contributed by atoms with E-state index in [0.29, 0.717) is 11.4 Å². The number of halogens is 1. The SMILES string of the molecule is CCC1(CNc2nc(N)ncc2Br)CC1. The second-order valence-corrected chi connectivity index (χ2v) is 4.99. The molecule has 1 heterocycles. The van der Waals surface area contributed by atoms with E-state index in [2.05, 4.69) is 38.1 Å². The highest BCUT2D eigenvalue weighted by Crippen LogP contribution is 2.48. The molecule has 0 unspecified atom stereocenters. The molecule has 0 aliphatic heterocycles. The molecule has 0 saturated heterocycles. The minimum atomic E-state index is 0.307. The van der Waals surface area contributed by atoms with Gasteiger partial charge in [0.2, 0.25) is 5.95 Å². The van der Waals surface area contributed by atoms with Gasteiger partial charge in [-0.2, -0.15) is 4.98 Å². The van der Waals surface area contributed by atoms with Crippen LogP contribution in [0.2, 0.25) is 0 Å². The minimum Gasteiger partial charge on any atom is -0.368 e. The molecule has 1 aliphatic rings. The lowest BCUT2D eigenvalue weighted by Gasteiger charge is -2.14. The number of anilines is 2. The Balaban J connectivity index is 2.01. The van der Waals surface area contributed by atoms with E-state index < -0.39 is 0 Å². The molecule has 1 aromatic heterocycles. The first kappa shape index (κ1) is 10.7. The quantitative estimate of drug-likeness (QED) is 0.882. The molecule has 0 bridgehead atoms. The summed E-state index contributed by atoms with van der Waals surface area (Å²) in [5.41, 5.74) is 6.03. The molecule has 1 fully saturated rings. The maximum Gasteiger partial charge on any atom is 0.221 e. The second kappa shape index (κ2) is 3.96. The maximum atomic E-state index is 5.53. The van der Waals surface area contributed by atoms with Crippen molar-refractivity contribution in [1.82, 2.24) is 9.97 Å². The maximum absolute atomic E-state index is 5.53. The van der Waals surface area contributed by atoms with Crippen LogP contribution in [0, 0.1) is 5.41 Å². The first-order valence-electron chi connectivity index (χ1n) is 5.17. The average Bonchev–Trinajstić information content (AvgIpc) is 3.00. The van der Waals surface area contributed by atoms with Gasteiger partial charge in [0.1, 0.15) is 5.82 Å². The van der Waals surface area contributed by atoms with Gasteiger partial charge in [0.05, 0.1) is 4.47 Å². The zero-order valence-corrected chi connectivity index (χ0v) is 10.3. The monoisotopic (exact) mass is 270 g/mol. The highest BCUT2D eigenvalue weighted by molar-refractivity contribution is 9.10. The fourth-order valence-corrected chi connectivity index (χ4v) is 1.94. The number of nitrogens with zero attached hydrogens (tertiary/aromatic N) is 2. The van der Waals surface area contributed by atoms with E-state index >= 15 is 0 Å². The zero-order valence-electron chi connectivity index (χ0n) is 8.76. The molecule has 0 atom stereocenters. The van der Waals surface area contributed by atoms with Gasteiger partial charge >= 0.3 is 0 Å². The first-order valence-corrected chi connectivity index (χ1v) is 5.96. The summed E-state index contributed by atoms with van der Waals surface area (Å²) >= 11 is 3.40. The van der Waals surface area contributed by atoms with Gasteiger partial charge in [0.15, 0.2) is 0 Å². The first-order chi connectivity index (χ1) is 7.15. The molecule has 2 rings (SSSR count). The Hall–Kier alpha value is -0.840. The van der Waals surface area contributed by atoms with Crippen LogP contribution in [0.25, 0.3) is 0 Å². The third-order valence-corrected chi connectivity index (χ3v) is 3.68. The van der Waals surface area contributed by atoms with E-state index in [-0.39, 0.29) is 0 Å². The zero-order chi connectivity index (χ0) is 10.9. The molecular weight excluding hydrogens is 256 g/mol. The van der Waals surface area contributed by atoms with Crippen LogP contribution in [0.5, 0.6) is 0 Å². The largest absolute Gasteiger partial charge is 0.368 e. The van der Waals surface area contributed by atoms with Crippen molar-refractivity contribution in [2.24, 2.45) is 5.41 Å². The van der Waals surface area contributed by atoms with Crippen molar-refractivity contribution in [2.45, 2.75) is 26.2 Å². The molecule has 1 aliphatic carbocycles. The van der Waals surface area contributed by atoms with Crippen molar-refractivity contribution < 1.29 is 0 Å². The average molecular weight is 271 g/mol. The van der Waals surface area contributed by atoms with Crippen molar-refractivity contribution in [1.29, 1.82) is 0 Å². The Bertz CT molecular complexity index is 362. The Labute approximate surface area is 97.8 Å². The van der Waals surface area contributed by atoms with Crippen LogP contribution in [0.15, 0.2) is 10.7 Å². The summed E-state index contributed by atoms with van der Waals surface area (Å²) in [4.78, 5) is 8.05. The lowest BCUT2D eigenvalue weighted by Crippen LogP contribution is -2.16. The number of nitrogen functional groups attached to an aromatic ring is 1. The molecular formula is C10H15BrN4. The molecule has 15 heavy (non-hydrogen) atoms. The van der Waals surface area contributed by atoms with E-state index in [1.54, 1.807) is 6.20 Å². The van der Waals surface area contributed by atoms with Gasteiger partial charge in [-0.3, -0.25) is 0 Å². The van der Waals surface area contributed by atoms with Gasteiger partial charge in [-0.05, 0) is 40.6 Å². The van der Waals surface area contributed by atoms with Gasteiger partial charge in [0.25, 0.3) is 0 Å². The second-order valence-electron chi connectivity index (χ2n) is 4.13. The number of rotatable bonds is 4. The van der Waals surface area contributed by atoms with Crippen LogP contribution < -0.4 is 11.1 Å². The lowest BCUT2D eigenvalue weighted by atomic mass is 10.0. The van der Waals surface area contributed by atoms with Crippen molar-refractivity contribution in [3.05, 3.63) is 10.7 Å². The van der Waals surface area contributed by atoms with Crippen LogP contribution in [-0.4, -0.2) is 16.5 Å². The third-order valence-electron chi connectivity index (χ3n) is 3.10. The standard InChI is InChI=1S/C10H15BrN4/c1-2-10(3-4-10)6-14-8-7(11)5-13-9(12)15-8/h5H,2-4,6H2,1H3,(H3,12,13,14,15). The van der Waals surface area contributed by atoms with Crippen LogP contribution in [0.4, 0.5) is 11.8 Å². The minimum absolute atomic E-state index is 0.307. The van der Waals surface area contributed by atoms with Gasteiger partial charge in [-0.15, -0.1) is 0 Å². The van der Waals surface area contributed by atoms with Gasteiger partial charge in [-0.25, -0.2) is 4.98 Å². The molecule has 82 valence electrons. The molecule has 1 saturated carbocycles. The summed E-state index contributed by atoms with van der Waals surface area (Å²) in [6.45, 7) is 3.20. The van der Waals surface area contributed by atoms with E-state index in [4.69, 9.17) is 5.73 Å². The van der Waals surface area contributed by atoms with Crippen molar-refractivity contribution >= 4 is 27.7 Å². The van der Waals surface area contributed by atoms with Crippen molar-refractivity contribution in [3.8, 4) is 0 Å². The Morgan fingerprint density at radius 1 is 1.60 bits per heavy atom. The third kappa shape index (κ3) is 2.40. The summed E-state index contributed by atoms with van der Waals surface area (Å²) < 4.78 is 0.864. The number of hydrogen-bond acceptors (Lipinski definition) is 4. The van der Waals surface area contributed by atoms with Crippen LogP contribution in [0.3, 0.4) is 0 Å². The van der Waals surface area contributed by atoms with Crippen LogP contribution in [-0.2, 0) is 0 Å². The smallest absolute Gasteiger partial charge is 0.221 e. The lowest BCUT2D eigenvalue weighted by molar-refractivity contribution is 0.520. The molecule has 0 aromatic carbocycles. The van der Waals surface area contributed by atoms with Gasteiger partial charge in [-0.1, -0.05) is 6.92 Å². The number of nitrogens with two attached hydrogens (primary N) is 1. The van der Waals surface area contributed by atoms with Crippen LogP contribution in [0.1, 0.15) is 26.2 Å². The number of nitrogens with one attached hydrogen (secondary N) is 1. The Morgan fingerprint density at radius 2 is 2.33 bits per heavy atom. The molecule has 0 amide bonds. The molecule has 5 heteroatoms. The van der Waals surface area contributed by atoms with Gasteiger partial charge < -0.3 is 11.1 Å². The summed E-state index contributed by atoms with van der Waals surface area (Å²) in [6.07, 6.45) is 5.53. The fourth-order valence-electron chi connectivity index (χ4n) is 1.61. The van der Waals surface area contributed by atoms with E-state index in [1.165, 1.54) is 19.3 Å². The summed E-state index contributed by atoms with van der Waals surface area (Å²) in [5.74, 6) is 1.10. The summed E-state index contributed by atoms with van der Waals surface area (Å²) in [6, 6.07) is 0. The van der Waals surface area contributed by atoms with E-state index in [9.17, 15) is 0 Å². The molecule has 4 nitrogen and oxygen atoms in total. The molecule has 0 radical (unpaired) electrons. The Morgan fingerprint density at radius 3 is 2.93 bits per heavy atom. The number of hydrogen-bond donors (Lipinski definition) is 2.